The number of Topliss-reactive ketones (excluding diaryl/α,β-unsaturated/α-hetero) is 2. The van der Waals surface area contributed by atoms with Crippen LogP contribution in [0.3, 0.4) is 0 Å². The summed E-state index contributed by atoms with van der Waals surface area (Å²) >= 11 is 0. The number of ketones is 2. The molecule has 2 unspecified atom stereocenters. The molecule has 0 aliphatic carbocycles. The average Bonchev–Trinajstić information content (AvgIpc) is 3.21. The van der Waals surface area contributed by atoms with Crippen LogP contribution in [-0.4, -0.2) is 41.1 Å². The fourth-order valence-corrected chi connectivity index (χ4v) is 3.49. The zero-order valence-electron chi connectivity index (χ0n) is 18.1. The second kappa shape index (κ2) is 10.7. The summed E-state index contributed by atoms with van der Waals surface area (Å²) in [6.45, 7) is 3.85. The number of aromatic nitrogens is 1. The first-order chi connectivity index (χ1) is 15.3. The molecular weight excluding hydrogens is 414 g/mol. The van der Waals surface area contributed by atoms with E-state index in [0.717, 1.165) is 5.56 Å². The Hall–Kier alpha value is -3.49. The van der Waals surface area contributed by atoms with Crippen LogP contribution >= 0.6 is 0 Å². The van der Waals surface area contributed by atoms with Gasteiger partial charge in [0.1, 0.15) is 12.4 Å². The first kappa shape index (κ1) is 23.2. The molecule has 0 saturated heterocycles. The van der Waals surface area contributed by atoms with Crippen molar-refractivity contribution in [3.05, 3.63) is 53.7 Å². The molecule has 1 aliphatic heterocycles. The van der Waals surface area contributed by atoms with Crippen molar-refractivity contribution in [1.82, 2.24) is 15.6 Å². The van der Waals surface area contributed by atoms with Crippen LogP contribution in [0.4, 0.5) is 4.79 Å². The van der Waals surface area contributed by atoms with E-state index in [1.54, 1.807) is 13.8 Å². The molecule has 0 fully saturated rings. The lowest BCUT2D eigenvalue weighted by Gasteiger charge is -2.23. The standard InChI is InChI=1S/C23H27N3O6/c1-14(2)20(26-23(30)31-13-15-6-4-3-5-7-15)18(27)11-16-10-17-12-25-19(32-17)8-9-24-22(29)21(16)28/h3-7,12,14,16,20H,8-11,13H2,1-2H3,(H,24,29)(H,26,30). The second-order valence-electron chi connectivity index (χ2n) is 8.09. The van der Waals surface area contributed by atoms with Crippen molar-refractivity contribution in [3.63, 3.8) is 0 Å². The Morgan fingerprint density at radius 1 is 1.25 bits per heavy atom. The lowest BCUT2D eigenvalue weighted by Crippen LogP contribution is -2.46. The molecule has 2 atom stereocenters. The molecule has 2 aromatic rings. The topological polar surface area (TPSA) is 128 Å². The van der Waals surface area contributed by atoms with Crippen molar-refractivity contribution < 1.29 is 28.3 Å². The van der Waals surface area contributed by atoms with Crippen LogP contribution < -0.4 is 10.6 Å². The summed E-state index contributed by atoms with van der Waals surface area (Å²) in [5.41, 5.74) is 0.819. The third-order valence-corrected chi connectivity index (χ3v) is 5.22. The highest BCUT2D eigenvalue weighted by Crippen LogP contribution is 2.19. The Labute approximate surface area is 185 Å². The smallest absolute Gasteiger partial charge is 0.408 e. The number of oxazole rings is 1. The fraction of sp³-hybridized carbons (Fsp3) is 0.435. The molecule has 1 aromatic heterocycles. The van der Waals surface area contributed by atoms with Gasteiger partial charge in [-0.05, 0) is 11.5 Å². The summed E-state index contributed by atoms with van der Waals surface area (Å²) in [4.78, 5) is 54.3. The fourth-order valence-electron chi connectivity index (χ4n) is 3.49. The summed E-state index contributed by atoms with van der Waals surface area (Å²) in [5, 5.41) is 5.13. The monoisotopic (exact) mass is 441 g/mol. The molecule has 0 saturated carbocycles. The Balaban J connectivity index is 1.65. The lowest BCUT2D eigenvalue weighted by molar-refractivity contribution is -0.141. The molecule has 2 N–H and O–H groups in total. The van der Waals surface area contributed by atoms with Gasteiger partial charge in [-0.1, -0.05) is 44.2 Å². The maximum atomic E-state index is 13.0. The molecule has 2 bridgehead atoms. The number of carbonyl (C=O) groups excluding carboxylic acids is 4. The summed E-state index contributed by atoms with van der Waals surface area (Å²) < 4.78 is 10.8. The Kier molecular flexibility index (Phi) is 7.75. The van der Waals surface area contributed by atoms with E-state index in [0.29, 0.717) is 18.1 Å². The highest BCUT2D eigenvalue weighted by Gasteiger charge is 2.33. The van der Waals surface area contributed by atoms with Gasteiger partial charge in [-0.15, -0.1) is 0 Å². The first-order valence-corrected chi connectivity index (χ1v) is 10.6. The van der Waals surface area contributed by atoms with E-state index in [1.165, 1.54) is 6.20 Å². The molecule has 2 heterocycles. The third kappa shape index (κ3) is 6.26. The van der Waals surface area contributed by atoms with Crippen molar-refractivity contribution in [1.29, 1.82) is 0 Å². The molecule has 0 radical (unpaired) electrons. The van der Waals surface area contributed by atoms with Crippen LogP contribution in [0.5, 0.6) is 0 Å². The van der Waals surface area contributed by atoms with E-state index < -0.39 is 29.7 Å². The number of benzene rings is 1. The van der Waals surface area contributed by atoms with Crippen molar-refractivity contribution in [2.75, 3.05) is 6.54 Å². The highest BCUT2D eigenvalue weighted by molar-refractivity contribution is 6.37. The minimum absolute atomic E-state index is 0.0702. The van der Waals surface area contributed by atoms with E-state index in [4.69, 9.17) is 9.15 Å². The van der Waals surface area contributed by atoms with Gasteiger partial charge in [0, 0.05) is 31.7 Å². The maximum Gasteiger partial charge on any atom is 0.408 e. The van der Waals surface area contributed by atoms with Crippen molar-refractivity contribution in [2.24, 2.45) is 11.8 Å². The number of rotatable bonds is 7. The lowest BCUT2D eigenvalue weighted by atomic mass is 9.87. The number of fused-ring (bicyclic) bond motifs is 2. The largest absolute Gasteiger partial charge is 0.446 e. The zero-order chi connectivity index (χ0) is 23.1. The number of nitrogens with one attached hydrogen (secondary N) is 2. The van der Waals surface area contributed by atoms with Gasteiger partial charge < -0.3 is 19.8 Å². The summed E-state index contributed by atoms with van der Waals surface area (Å²) in [6, 6.07) is 8.31. The summed E-state index contributed by atoms with van der Waals surface area (Å²) in [6.07, 6.45) is 1.02. The molecule has 170 valence electrons. The molecular formula is C23H27N3O6. The molecule has 1 aliphatic rings. The number of alkyl carbamates (subject to hydrolysis) is 1. The number of ether oxygens (including phenoxy) is 1. The van der Waals surface area contributed by atoms with Crippen molar-refractivity contribution in [2.45, 2.75) is 45.8 Å². The van der Waals surface area contributed by atoms with Gasteiger partial charge in [-0.25, -0.2) is 9.78 Å². The SMILES string of the molecule is CC(C)C(NC(=O)OCc1ccccc1)C(=O)CC1Cc2cnc(o2)CCNC(=O)C1=O. The number of amides is 2. The van der Waals surface area contributed by atoms with Crippen LogP contribution in [0.2, 0.25) is 0 Å². The maximum absolute atomic E-state index is 13.0. The van der Waals surface area contributed by atoms with Crippen molar-refractivity contribution in [3.8, 4) is 0 Å². The van der Waals surface area contributed by atoms with Gasteiger partial charge in [0.2, 0.25) is 5.78 Å². The molecule has 9 nitrogen and oxygen atoms in total. The van der Waals surface area contributed by atoms with Gasteiger partial charge in [-0.3, -0.25) is 14.4 Å². The minimum atomic E-state index is -0.912. The van der Waals surface area contributed by atoms with Crippen LogP contribution in [-0.2, 0) is 38.6 Å². The number of hydrogen-bond acceptors (Lipinski definition) is 7. The predicted octanol–water partition coefficient (Wildman–Crippen LogP) is 1.98. The predicted molar refractivity (Wildman–Crippen MR) is 113 cm³/mol. The molecule has 1 aromatic carbocycles. The van der Waals surface area contributed by atoms with E-state index in [1.807, 2.05) is 30.3 Å². The van der Waals surface area contributed by atoms with Crippen LogP contribution in [0.15, 0.2) is 40.9 Å². The first-order valence-electron chi connectivity index (χ1n) is 10.6. The molecule has 9 heteroatoms. The zero-order valence-corrected chi connectivity index (χ0v) is 18.1. The van der Waals surface area contributed by atoms with Gasteiger partial charge >= 0.3 is 6.09 Å². The van der Waals surface area contributed by atoms with Gasteiger partial charge in [0.05, 0.1) is 12.2 Å². The Morgan fingerprint density at radius 2 is 2.00 bits per heavy atom. The molecule has 32 heavy (non-hydrogen) atoms. The van der Waals surface area contributed by atoms with E-state index in [2.05, 4.69) is 15.6 Å². The van der Waals surface area contributed by atoms with Crippen LogP contribution in [0, 0.1) is 11.8 Å². The summed E-state index contributed by atoms with van der Waals surface area (Å²) in [5.74, 6) is -2.04. The number of hydrogen-bond donors (Lipinski definition) is 2. The van der Waals surface area contributed by atoms with Gasteiger partial charge in [0.25, 0.3) is 5.91 Å². The molecule has 0 spiro atoms. The van der Waals surface area contributed by atoms with Crippen molar-refractivity contribution >= 4 is 23.6 Å². The molecule has 2 amide bonds. The van der Waals surface area contributed by atoms with E-state index >= 15 is 0 Å². The normalized spacial score (nSPS) is 17.4. The van der Waals surface area contributed by atoms with Crippen LogP contribution in [0.25, 0.3) is 0 Å². The highest BCUT2D eigenvalue weighted by atomic mass is 16.5. The van der Waals surface area contributed by atoms with Gasteiger partial charge in [0.15, 0.2) is 11.7 Å². The van der Waals surface area contributed by atoms with E-state index in [-0.39, 0.29) is 37.7 Å². The number of carbonyl (C=O) groups is 4. The summed E-state index contributed by atoms with van der Waals surface area (Å²) in [7, 11) is 0. The minimum Gasteiger partial charge on any atom is -0.446 e. The molecule has 3 rings (SSSR count). The Bertz CT molecular complexity index is 969. The third-order valence-electron chi connectivity index (χ3n) is 5.22. The number of nitrogens with zero attached hydrogens (tertiary/aromatic N) is 1. The van der Waals surface area contributed by atoms with E-state index in [9.17, 15) is 19.2 Å². The van der Waals surface area contributed by atoms with Gasteiger partial charge in [-0.2, -0.15) is 0 Å². The Morgan fingerprint density at radius 3 is 2.72 bits per heavy atom. The second-order valence-corrected chi connectivity index (χ2v) is 8.09. The average molecular weight is 441 g/mol. The van der Waals surface area contributed by atoms with Crippen LogP contribution in [0.1, 0.15) is 37.5 Å². The quantitative estimate of drug-likeness (QED) is 0.629.